The lowest BCUT2D eigenvalue weighted by Gasteiger charge is -2.31. The maximum Gasteiger partial charge on any atom is 0.307 e. The Balaban J connectivity index is 0. The Morgan fingerprint density at radius 3 is 2.10 bits per heavy atom. The number of hydrogen-bond acceptors (Lipinski definition) is 5. The van der Waals surface area contributed by atoms with Crippen LogP contribution in [-0.2, 0) is 19.1 Å². The third-order valence-corrected chi connectivity index (χ3v) is 3.10. The van der Waals surface area contributed by atoms with Crippen LogP contribution in [0.15, 0.2) is 0 Å². The Bertz CT molecular complexity index is 333. The molecule has 0 radical (unpaired) electrons. The molecule has 0 saturated carbocycles. The number of nitrogens with one attached hydrogen (secondary N) is 2. The van der Waals surface area contributed by atoms with Gasteiger partial charge in [-0.25, -0.2) is 0 Å². The van der Waals surface area contributed by atoms with Crippen LogP contribution in [0.4, 0.5) is 0 Å². The summed E-state index contributed by atoms with van der Waals surface area (Å²) in [5.74, 6) is -1.13. The lowest BCUT2D eigenvalue weighted by atomic mass is 9.89. The van der Waals surface area contributed by atoms with Gasteiger partial charge in [-0.2, -0.15) is 0 Å². The number of methoxy groups -OCH3 is 1. The molecule has 0 rings (SSSR count). The predicted molar refractivity (Wildman–Crippen MR) is 77.4 cm³/mol. The molecule has 20 heavy (non-hydrogen) atoms. The summed E-state index contributed by atoms with van der Waals surface area (Å²) in [6, 6.07) is 0. The minimum absolute atomic E-state index is 0. The second-order valence-corrected chi connectivity index (χ2v) is 4.27. The van der Waals surface area contributed by atoms with Crippen molar-refractivity contribution < 1.29 is 19.1 Å². The highest BCUT2D eigenvalue weighted by molar-refractivity contribution is 5.86. The Hall–Kier alpha value is -1.34. The normalized spacial score (nSPS) is 10.2. The SMILES string of the molecule is CCC(CC)(CC(=O)OC)NC(=O)CNC(=O)CN.Cl. The van der Waals surface area contributed by atoms with Crippen molar-refractivity contribution in [2.75, 3.05) is 20.2 Å². The molecule has 4 N–H and O–H groups in total. The van der Waals surface area contributed by atoms with Gasteiger partial charge in [0.2, 0.25) is 11.8 Å². The van der Waals surface area contributed by atoms with Gasteiger partial charge in [0.05, 0.1) is 32.2 Å². The minimum atomic E-state index is -0.641. The highest BCUT2D eigenvalue weighted by Crippen LogP contribution is 2.20. The molecule has 7 nitrogen and oxygen atoms in total. The van der Waals surface area contributed by atoms with Crippen LogP contribution < -0.4 is 16.4 Å². The molecule has 0 spiro atoms. The summed E-state index contributed by atoms with van der Waals surface area (Å²) in [5, 5.41) is 5.16. The molecule has 0 heterocycles. The van der Waals surface area contributed by atoms with Gasteiger partial charge < -0.3 is 21.1 Å². The van der Waals surface area contributed by atoms with Crippen LogP contribution >= 0.6 is 12.4 Å². The van der Waals surface area contributed by atoms with E-state index in [0.29, 0.717) is 12.8 Å². The first-order valence-electron chi connectivity index (χ1n) is 6.27. The van der Waals surface area contributed by atoms with Crippen LogP contribution in [-0.4, -0.2) is 43.5 Å². The van der Waals surface area contributed by atoms with Crippen LogP contribution in [0, 0.1) is 0 Å². The zero-order valence-corrected chi connectivity index (χ0v) is 13.0. The first kappa shape index (κ1) is 21.0. The third-order valence-electron chi connectivity index (χ3n) is 3.10. The fourth-order valence-electron chi connectivity index (χ4n) is 1.66. The summed E-state index contributed by atoms with van der Waals surface area (Å²) in [6.45, 7) is 3.44. The molecular weight excluding hydrogens is 286 g/mol. The van der Waals surface area contributed by atoms with E-state index in [1.165, 1.54) is 7.11 Å². The van der Waals surface area contributed by atoms with E-state index >= 15 is 0 Å². The second-order valence-electron chi connectivity index (χ2n) is 4.27. The standard InChI is InChI=1S/C12H23N3O4.ClH/c1-4-12(5-2,6-11(18)19-3)15-10(17)8-14-9(16)7-13;/h4-8,13H2,1-3H3,(H,14,16)(H,15,17);1H. The van der Waals surface area contributed by atoms with Gasteiger partial charge in [0.15, 0.2) is 0 Å². The molecule has 0 atom stereocenters. The molecule has 0 saturated heterocycles. The second kappa shape index (κ2) is 10.4. The van der Waals surface area contributed by atoms with Gasteiger partial charge in [0.25, 0.3) is 0 Å². The molecule has 0 unspecified atom stereocenters. The Labute approximate surface area is 125 Å². The fraction of sp³-hybridized carbons (Fsp3) is 0.750. The summed E-state index contributed by atoms with van der Waals surface area (Å²) in [4.78, 5) is 34.1. The molecular formula is C12H24ClN3O4. The van der Waals surface area contributed by atoms with Crippen molar-refractivity contribution in [1.82, 2.24) is 10.6 Å². The Morgan fingerprint density at radius 1 is 1.15 bits per heavy atom. The predicted octanol–water partition coefficient (Wildman–Crippen LogP) is -0.279. The zero-order chi connectivity index (χ0) is 14.9. The number of carbonyl (C=O) groups excluding carboxylic acids is 3. The van der Waals surface area contributed by atoms with Crippen molar-refractivity contribution in [3.8, 4) is 0 Å². The number of amides is 2. The van der Waals surface area contributed by atoms with E-state index in [1.807, 2.05) is 13.8 Å². The van der Waals surface area contributed by atoms with Crippen molar-refractivity contribution >= 4 is 30.2 Å². The Kier molecular flexibility index (Phi) is 11.0. The van der Waals surface area contributed by atoms with Crippen LogP contribution in [0.5, 0.6) is 0 Å². The zero-order valence-electron chi connectivity index (χ0n) is 12.2. The van der Waals surface area contributed by atoms with E-state index in [2.05, 4.69) is 15.4 Å². The summed E-state index contributed by atoms with van der Waals surface area (Å²) < 4.78 is 4.63. The molecule has 2 amide bonds. The van der Waals surface area contributed by atoms with Gasteiger partial charge in [-0.3, -0.25) is 14.4 Å². The Morgan fingerprint density at radius 2 is 1.70 bits per heavy atom. The van der Waals surface area contributed by atoms with Gasteiger partial charge in [-0.1, -0.05) is 13.8 Å². The number of carbonyl (C=O) groups is 3. The minimum Gasteiger partial charge on any atom is -0.469 e. The fourth-order valence-corrected chi connectivity index (χ4v) is 1.66. The maximum absolute atomic E-state index is 11.7. The lowest BCUT2D eigenvalue weighted by molar-refractivity contribution is -0.143. The van der Waals surface area contributed by atoms with Crippen molar-refractivity contribution in [2.24, 2.45) is 5.73 Å². The average Bonchev–Trinajstić information content (AvgIpc) is 2.43. The quantitative estimate of drug-likeness (QED) is 0.534. The molecule has 8 heteroatoms. The molecule has 0 fully saturated rings. The van der Waals surface area contributed by atoms with Gasteiger partial charge in [0, 0.05) is 0 Å². The van der Waals surface area contributed by atoms with Crippen LogP contribution in [0.3, 0.4) is 0 Å². The van der Waals surface area contributed by atoms with Crippen LogP contribution in [0.25, 0.3) is 0 Å². The van der Waals surface area contributed by atoms with Crippen LogP contribution in [0.2, 0.25) is 0 Å². The topological polar surface area (TPSA) is 111 Å². The highest BCUT2D eigenvalue weighted by atomic mass is 35.5. The number of nitrogens with two attached hydrogens (primary N) is 1. The number of esters is 1. The van der Waals surface area contributed by atoms with Gasteiger partial charge in [-0.05, 0) is 12.8 Å². The summed E-state index contributed by atoms with van der Waals surface area (Å²) in [7, 11) is 1.31. The molecule has 0 aliphatic carbocycles. The third kappa shape index (κ3) is 7.30. The first-order valence-corrected chi connectivity index (χ1v) is 6.27. The highest BCUT2D eigenvalue weighted by Gasteiger charge is 2.31. The van der Waals surface area contributed by atoms with Crippen molar-refractivity contribution in [1.29, 1.82) is 0 Å². The van der Waals surface area contributed by atoms with Crippen molar-refractivity contribution in [3.05, 3.63) is 0 Å². The smallest absolute Gasteiger partial charge is 0.307 e. The molecule has 0 aliphatic heterocycles. The summed E-state index contributed by atoms with van der Waals surface area (Å²) in [6.07, 6.45) is 1.29. The van der Waals surface area contributed by atoms with Gasteiger partial charge >= 0.3 is 5.97 Å². The number of halogens is 1. The number of ether oxygens (including phenoxy) is 1. The molecule has 0 aromatic carbocycles. The molecule has 0 aromatic rings. The van der Waals surface area contributed by atoms with Gasteiger partial charge in [0.1, 0.15) is 0 Å². The molecule has 0 aliphatic rings. The van der Waals surface area contributed by atoms with E-state index in [-0.39, 0.29) is 43.8 Å². The molecule has 118 valence electrons. The average molecular weight is 310 g/mol. The maximum atomic E-state index is 11.7. The largest absolute Gasteiger partial charge is 0.469 e. The lowest BCUT2D eigenvalue weighted by Crippen LogP contribution is -2.52. The van der Waals surface area contributed by atoms with E-state index in [0.717, 1.165) is 0 Å². The number of hydrogen-bond donors (Lipinski definition) is 3. The summed E-state index contributed by atoms with van der Waals surface area (Å²) >= 11 is 0. The van der Waals surface area contributed by atoms with Crippen LogP contribution in [0.1, 0.15) is 33.1 Å². The molecule has 0 aromatic heterocycles. The van der Waals surface area contributed by atoms with Gasteiger partial charge in [-0.15, -0.1) is 12.4 Å². The summed E-state index contributed by atoms with van der Waals surface area (Å²) in [5.41, 5.74) is 4.48. The van der Waals surface area contributed by atoms with E-state index < -0.39 is 11.4 Å². The number of rotatable bonds is 8. The monoisotopic (exact) mass is 309 g/mol. The van der Waals surface area contributed by atoms with E-state index in [4.69, 9.17) is 5.73 Å². The van der Waals surface area contributed by atoms with E-state index in [9.17, 15) is 14.4 Å². The molecule has 0 bridgehead atoms. The van der Waals surface area contributed by atoms with Crippen molar-refractivity contribution in [2.45, 2.75) is 38.6 Å². The van der Waals surface area contributed by atoms with E-state index in [1.54, 1.807) is 0 Å². The first-order chi connectivity index (χ1) is 8.92. The van der Waals surface area contributed by atoms with Crippen molar-refractivity contribution in [3.63, 3.8) is 0 Å².